The molecular weight excluding hydrogens is 448 g/mol. The number of rotatable bonds is 8. The van der Waals surface area contributed by atoms with Crippen LogP contribution in [0.3, 0.4) is 0 Å². The molecule has 1 aliphatic heterocycles. The smallest absolute Gasteiger partial charge is 0.227 e. The van der Waals surface area contributed by atoms with Gasteiger partial charge in [0.15, 0.2) is 5.16 Å². The van der Waals surface area contributed by atoms with Gasteiger partial charge in [0, 0.05) is 60.7 Å². The molecule has 1 saturated heterocycles. The predicted octanol–water partition coefficient (Wildman–Crippen LogP) is 3.73. The van der Waals surface area contributed by atoms with Crippen molar-refractivity contribution in [2.24, 2.45) is 5.92 Å². The molecule has 34 heavy (non-hydrogen) atoms. The molecule has 2 aromatic heterocycles. The number of carbonyl (C=O) groups excluding carboxylic acids is 1. The second-order valence-electron chi connectivity index (χ2n) is 9.13. The summed E-state index contributed by atoms with van der Waals surface area (Å²) < 4.78 is 0. The Balaban J connectivity index is 1.21. The average Bonchev–Trinajstić information content (AvgIpc) is 3.79. The summed E-state index contributed by atoms with van der Waals surface area (Å²) in [6, 6.07) is 11.9. The maximum absolute atomic E-state index is 12.0. The summed E-state index contributed by atoms with van der Waals surface area (Å²) in [6.45, 7) is 3.70. The molecule has 0 unspecified atom stereocenters. The highest BCUT2D eigenvalue weighted by atomic mass is 32.2. The summed E-state index contributed by atoms with van der Waals surface area (Å²) in [5.74, 6) is 3.40. The molecule has 0 atom stereocenters. The Morgan fingerprint density at radius 2 is 1.82 bits per heavy atom. The van der Waals surface area contributed by atoms with Crippen molar-refractivity contribution in [3.8, 4) is 0 Å². The quantitative estimate of drug-likeness (QED) is 0.364. The lowest BCUT2D eigenvalue weighted by molar-refractivity contribution is -0.117. The van der Waals surface area contributed by atoms with E-state index in [0.717, 1.165) is 72.8 Å². The van der Waals surface area contributed by atoms with E-state index in [9.17, 15) is 4.79 Å². The second-order valence-corrected chi connectivity index (χ2v) is 10.2. The van der Waals surface area contributed by atoms with E-state index >= 15 is 0 Å². The van der Waals surface area contributed by atoms with Crippen molar-refractivity contribution in [1.82, 2.24) is 25.5 Å². The third-order valence-electron chi connectivity index (χ3n) is 6.27. The molecule has 1 amide bonds. The Morgan fingerprint density at radius 3 is 2.56 bits per heavy atom. The van der Waals surface area contributed by atoms with Gasteiger partial charge in [-0.3, -0.25) is 9.89 Å². The average molecular weight is 477 g/mol. The summed E-state index contributed by atoms with van der Waals surface area (Å²) in [7, 11) is 0. The fraction of sp³-hybridized carbons (Fsp3) is 0.417. The summed E-state index contributed by atoms with van der Waals surface area (Å²) in [5.41, 5.74) is 1.94. The zero-order chi connectivity index (χ0) is 22.9. The first kappa shape index (κ1) is 21.4. The molecule has 0 bridgehead atoms. The Hall–Kier alpha value is -3.11. The molecule has 10 heteroatoms. The molecule has 3 aromatic rings. The largest absolute Gasteiger partial charge is 0.354 e. The van der Waals surface area contributed by atoms with Crippen molar-refractivity contribution in [1.29, 1.82) is 0 Å². The standard InChI is InChI=1S/C24H28N8OS/c33-23(16-3-4-16)26-17-5-7-18(8-6-17)34-24-28-20(14-22(29-24)32-11-9-25-10-12-32)27-21-13-19(30-31-21)15-1-2-15/h5-8,13-16,25H,1-4,9-12H2,(H,26,33)(H2,27,28,29,30,31). The highest BCUT2D eigenvalue weighted by Gasteiger charge is 2.29. The lowest BCUT2D eigenvalue weighted by Crippen LogP contribution is -2.44. The topological polar surface area (TPSA) is 111 Å². The minimum absolute atomic E-state index is 0.117. The van der Waals surface area contributed by atoms with Gasteiger partial charge in [0.25, 0.3) is 0 Å². The highest BCUT2D eigenvalue weighted by molar-refractivity contribution is 7.99. The van der Waals surface area contributed by atoms with Gasteiger partial charge in [-0.15, -0.1) is 0 Å². The summed E-state index contributed by atoms with van der Waals surface area (Å²) in [6.07, 6.45) is 4.43. The first-order chi connectivity index (χ1) is 16.7. The molecule has 0 spiro atoms. The SMILES string of the molecule is O=C(Nc1ccc(Sc2nc(Nc3cc(C4CC4)n[nH]3)cc(N3CCNCC3)n2)cc1)C1CC1. The van der Waals surface area contributed by atoms with Crippen molar-refractivity contribution >= 4 is 40.8 Å². The molecule has 0 radical (unpaired) electrons. The maximum atomic E-state index is 12.0. The summed E-state index contributed by atoms with van der Waals surface area (Å²) in [4.78, 5) is 24.9. The van der Waals surface area contributed by atoms with Crippen LogP contribution in [0, 0.1) is 5.92 Å². The first-order valence-electron chi connectivity index (χ1n) is 12.0. The minimum Gasteiger partial charge on any atom is -0.354 e. The zero-order valence-electron chi connectivity index (χ0n) is 18.9. The first-order valence-corrected chi connectivity index (χ1v) is 12.8. The number of amides is 1. The van der Waals surface area contributed by atoms with E-state index in [1.807, 2.05) is 30.3 Å². The number of H-pyrrole nitrogens is 1. The highest BCUT2D eigenvalue weighted by Crippen LogP contribution is 2.40. The zero-order valence-corrected chi connectivity index (χ0v) is 19.7. The molecular formula is C24H28N8OS. The molecule has 2 saturated carbocycles. The monoisotopic (exact) mass is 476 g/mol. The molecule has 6 rings (SSSR count). The number of nitrogens with zero attached hydrogens (tertiary/aromatic N) is 4. The Kier molecular flexibility index (Phi) is 5.84. The van der Waals surface area contributed by atoms with Crippen LogP contribution in [0.5, 0.6) is 0 Å². The third kappa shape index (κ3) is 5.18. The van der Waals surface area contributed by atoms with Crippen molar-refractivity contribution in [2.75, 3.05) is 41.7 Å². The van der Waals surface area contributed by atoms with E-state index in [0.29, 0.717) is 11.1 Å². The van der Waals surface area contributed by atoms with Gasteiger partial charge in [0.1, 0.15) is 17.5 Å². The number of piperazine rings is 1. The third-order valence-corrected chi connectivity index (χ3v) is 7.14. The van der Waals surface area contributed by atoms with Gasteiger partial charge < -0.3 is 20.9 Å². The maximum Gasteiger partial charge on any atom is 0.227 e. The lowest BCUT2D eigenvalue weighted by Gasteiger charge is -2.28. The van der Waals surface area contributed by atoms with Crippen molar-refractivity contribution < 1.29 is 4.79 Å². The van der Waals surface area contributed by atoms with E-state index < -0.39 is 0 Å². The molecule has 1 aromatic carbocycles. The lowest BCUT2D eigenvalue weighted by atomic mass is 10.3. The Morgan fingerprint density at radius 1 is 1.03 bits per heavy atom. The second kappa shape index (κ2) is 9.27. The normalized spacial score (nSPS) is 18.1. The van der Waals surface area contributed by atoms with Crippen LogP contribution in [0.1, 0.15) is 37.3 Å². The van der Waals surface area contributed by atoms with Crippen molar-refractivity contribution in [3.63, 3.8) is 0 Å². The van der Waals surface area contributed by atoms with Crippen LogP contribution < -0.4 is 20.9 Å². The number of carbonyl (C=O) groups is 1. The molecule has 3 heterocycles. The van der Waals surface area contributed by atoms with Crippen LogP contribution >= 0.6 is 11.8 Å². The van der Waals surface area contributed by atoms with Gasteiger partial charge >= 0.3 is 0 Å². The van der Waals surface area contributed by atoms with Crippen LogP contribution in [-0.4, -0.2) is 52.3 Å². The van der Waals surface area contributed by atoms with Crippen LogP contribution in [0.2, 0.25) is 0 Å². The summed E-state index contributed by atoms with van der Waals surface area (Å²) in [5, 5.41) is 18.0. The van der Waals surface area contributed by atoms with Crippen molar-refractivity contribution in [3.05, 3.63) is 42.1 Å². The Bertz CT molecular complexity index is 1170. The van der Waals surface area contributed by atoms with Gasteiger partial charge in [0.2, 0.25) is 5.91 Å². The number of nitrogens with one attached hydrogen (secondary N) is 4. The van der Waals surface area contributed by atoms with Gasteiger partial charge in [-0.25, -0.2) is 9.97 Å². The number of aromatic nitrogens is 4. The molecule has 9 nitrogen and oxygen atoms in total. The molecule has 3 fully saturated rings. The predicted molar refractivity (Wildman–Crippen MR) is 133 cm³/mol. The molecule has 4 N–H and O–H groups in total. The van der Waals surface area contributed by atoms with Gasteiger partial charge in [-0.1, -0.05) is 0 Å². The van der Waals surface area contributed by atoms with Gasteiger partial charge in [-0.2, -0.15) is 5.10 Å². The number of hydrogen-bond acceptors (Lipinski definition) is 8. The van der Waals surface area contributed by atoms with Crippen LogP contribution in [0.4, 0.5) is 23.1 Å². The van der Waals surface area contributed by atoms with Crippen LogP contribution in [0.25, 0.3) is 0 Å². The van der Waals surface area contributed by atoms with Crippen LogP contribution in [-0.2, 0) is 4.79 Å². The number of benzene rings is 1. The molecule has 176 valence electrons. The Labute approximate surface area is 202 Å². The van der Waals surface area contributed by atoms with E-state index in [-0.39, 0.29) is 11.8 Å². The fourth-order valence-electron chi connectivity index (χ4n) is 4.01. The molecule has 2 aliphatic carbocycles. The van der Waals surface area contributed by atoms with Gasteiger partial charge in [-0.05, 0) is 61.7 Å². The van der Waals surface area contributed by atoms with E-state index in [1.54, 1.807) is 0 Å². The fourth-order valence-corrected chi connectivity index (χ4v) is 4.77. The summed E-state index contributed by atoms with van der Waals surface area (Å²) >= 11 is 1.51. The van der Waals surface area contributed by atoms with Crippen molar-refractivity contribution in [2.45, 2.75) is 41.7 Å². The number of aromatic amines is 1. The van der Waals surface area contributed by atoms with Crippen LogP contribution in [0.15, 0.2) is 46.5 Å². The molecule has 3 aliphatic rings. The minimum atomic E-state index is 0.117. The number of anilines is 4. The van der Waals surface area contributed by atoms with E-state index in [2.05, 4.69) is 37.1 Å². The van der Waals surface area contributed by atoms with Gasteiger partial charge in [0.05, 0.1) is 5.69 Å². The number of hydrogen-bond donors (Lipinski definition) is 4. The van der Waals surface area contributed by atoms with E-state index in [4.69, 9.17) is 9.97 Å². The van der Waals surface area contributed by atoms with E-state index in [1.165, 1.54) is 24.6 Å².